The molecule has 0 saturated carbocycles. The van der Waals surface area contributed by atoms with Gasteiger partial charge in [-0.1, -0.05) is 6.07 Å². The standard InChI is InChI=1S/C8H7F5N2.ClH/c9-7(10,8(11,12)13)6(14)5-3-1-2-4-15-5;/h1-4,6H,14H2;1H/t6-;/m0./s1. The molecule has 0 radical (unpaired) electrons. The predicted molar refractivity (Wildman–Crippen MR) is 49.4 cm³/mol. The second kappa shape index (κ2) is 4.92. The lowest BCUT2D eigenvalue weighted by Gasteiger charge is -2.25. The van der Waals surface area contributed by atoms with E-state index < -0.39 is 23.8 Å². The third kappa shape index (κ3) is 2.79. The Hall–Kier alpha value is -0.950. The highest BCUT2D eigenvalue weighted by molar-refractivity contribution is 5.85. The van der Waals surface area contributed by atoms with Crippen molar-refractivity contribution in [2.75, 3.05) is 0 Å². The maximum Gasteiger partial charge on any atom is 0.455 e. The van der Waals surface area contributed by atoms with Crippen molar-refractivity contribution in [1.29, 1.82) is 0 Å². The molecule has 0 spiro atoms. The first-order valence-corrected chi connectivity index (χ1v) is 3.88. The lowest BCUT2D eigenvalue weighted by molar-refractivity contribution is -0.291. The van der Waals surface area contributed by atoms with E-state index in [2.05, 4.69) is 4.98 Å². The van der Waals surface area contributed by atoms with Gasteiger partial charge in [0.05, 0.1) is 5.69 Å². The van der Waals surface area contributed by atoms with E-state index in [0.717, 1.165) is 12.3 Å². The first-order valence-electron chi connectivity index (χ1n) is 3.88. The van der Waals surface area contributed by atoms with Gasteiger partial charge in [0.15, 0.2) is 0 Å². The number of nitrogens with two attached hydrogens (primary N) is 1. The van der Waals surface area contributed by atoms with Crippen LogP contribution >= 0.6 is 12.4 Å². The van der Waals surface area contributed by atoms with Crippen LogP contribution in [0.5, 0.6) is 0 Å². The summed E-state index contributed by atoms with van der Waals surface area (Å²) in [5, 5.41) is 0. The van der Waals surface area contributed by atoms with Gasteiger partial charge in [0.25, 0.3) is 0 Å². The fourth-order valence-corrected chi connectivity index (χ4v) is 0.922. The summed E-state index contributed by atoms with van der Waals surface area (Å²) in [5.41, 5.74) is 4.33. The topological polar surface area (TPSA) is 38.9 Å². The van der Waals surface area contributed by atoms with E-state index in [1.807, 2.05) is 0 Å². The second-order valence-corrected chi connectivity index (χ2v) is 2.85. The van der Waals surface area contributed by atoms with Crippen LogP contribution in [0.4, 0.5) is 22.0 Å². The lowest BCUT2D eigenvalue weighted by Crippen LogP contribution is -2.46. The summed E-state index contributed by atoms with van der Waals surface area (Å²) in [4.78, 5) is 3.35. The number of aromatic nitrogens is 1. The van der Waals surface area contributed by atoms with Crippen LogP contribution in [-0.2, 0) is 0 Å². The summed E-state index contributed by atoms with van der Waals surface area (Å²) < 4.78 is 61.2. The molecule has 2 nitrogen and oxygen atoms in total. The Balaban J connectivity index is 0.00000225. The van der Waals surface area contributed by atoms with Gasteiger partial charge in [0.2, 0.25) is 0 Å². The number of rotatable bonds is 2. The van der Waals surface area contributed by atoms with E-state index in [0.29, 0.717) is 0 Å². The van der Waals surface area contributed by atoms with Crippen LogP contribution in [-0.4, -0.2) is 17.1 Å². The number of pyridine rings is 1. The predicted octanol–water partition coefficient (Wildman–Crippen LogP) is 2.70. The summed E-state index contributed by atoms with van der Waals surface area (Å²) >= 11 is 0. The molecular weight excluding hydrogens is 255 g/mol. The van der Waals surface area contributed by atoms with Crippen LogP contribution in [0.1, 0.15) is 11.7 Å². The largest absolute Gasteiger partial charge is 0.455 e. The maximum atomic E-state index is 12.7. The van der Waals surface area contributed by atoms with Crippen LogP contribution in [0.15, 0.2) is 24.4 Å². The normalized spacial score (nSPS) is 14.1. The number of halogens is 6. The van der Waals surface area contributed by atoms with Crippen molar-refractivity contribution in [1.82, 2.24) is 4.98 Å². The van der Waals surface area contributed by atoms with Gasteiger partial charge in [-0.15, -0.1) is 12.4 Å². The molecule has 2 N–H and O–H groups in total. The zero-order valence-electron chi connectivity index (χ0n) is 7.71. The quantitative estimate of drug-likeness (QED) is 0.833. The van der Waals surface area contributed by atoms with Crippen LogP contribution in [0.25, 0.3) is 0 Å². The third-order valence-corrected chi connectivity index (χ3v) is 1.77. The van der Waals surface area contributed by atoms with Gasteiger partial charge in [0.1, 0.15) is 6.04 Å². The van der Waals surface area contributed by atoms with Crippen LogP contribution in [0.3, 0.4) is 0 Å². The molecule has 0 aliphatic carbocycles. The minimum Gasteiger partial charge on any atom is -0.317 e. The zero-order chi connectivity index (χ0) is 11.7. The Labute approximate surface area is 94.1 Å². The molecule has 0 aromatic carbocycles. The van der Waals surface area contributed by atoms with Gasteiger partial charge >= 0.3 is 12.1 Å². The maximum absolute atomic E-state index is 12.7. The smallest absolute Gasteiger partial charge is 0.317 e. The van der Waals surface area contributed by atoms with Crippen molar-refractivity contribution < 1.29 is 22.0 Å². The molecule has 0 amide bonds. The molecular formula is C8H8ClF5N2. The van der Waals surface area contributed by atoms with E-state index in [1.54, 1.807) is 0 Å². The molecule has 1 atom stereocenters. The fourth-order valence-electron chi connectivity index (χ4n) is 0.922. The minimum atomic E-state index is -5.68. The highest BCUT2D eigenvalue weighted by Crippen LogP contribution is 2.42. The molecule has 0 fully saturated rings. The number of nitrogens with zero attached hydrogens (tertiary/aromatic N) is 1. The van der Waals surface area contributed by atoms with Crippen molar-refractivity contribution in [3.63, 3.8) is 0 Å². The molecule has 0 aliphatic heterocycles. The van der Waals surface area contributed by atoms with Crippen molar-refractivity contribution in [2.24, 2.45) is 5.73 Å². The average Bonchev–Trinajstić information content (AvgIpc) is 2.16. The zero-order valence-corrected chi connectivity index (χ0v) is 8.53. The van der Waals surface area contributed by atoms with Gasteiger partial charge in [-0.25, -0.2) is 0 Å². The van der Waals surface area contributed by atoms with E-state index in [1.165, 1.54) is 12.1 Å². The monoisotopic (exact) mass is 262 g/mol. The first-order chi connectivity index (χ1) is 6.77. The van der Waals surface area contributed by atoms with E-state index in [-0.39, 0.29) is 12.4 Å². The molecule has 1 aromatic heterocycles. The Bertz CT molecular complexity index is 327. The summed E-state index contributed by atoms with van der Waals surface area (Å²) in [6, 6.07) is 1.21. The van der Waals surface area contributed by atoms with E-state index in [9.17, 15) is 22.0 Å². The van der Waals surface area contributed by atoms with Crippen LogP contribution < -0.4 is 5.73 Å². The SMILES string of the molecule is Cl.N[C@@H](c1ccccn1)C(F)(F)C(F)(F)F. The number of hydrogen-bond donors (Lipinski definition) is 1. The van der Waals surface area contributed by atoms with Crippen molar-refractivity contribution in [3.05, 3.63) is 30.1 Å². The molecule has 1 aromatic rings. The summed E-state index contributed by atoms with van der Waals surface area (Å²) in [6.45, 7) is 0. The molecule has 0 unspecified atom stereocenters. The van der Waals surface area contributed by atoms with Crippen molar-refractivity contribution >= 4 is 12.4 Å². The Kier molecular flexibility index (Phi) is 4.63. The first kappa shape index (κ1) is 15.0. The van der Waals surface area contributed by atoms with Crippen LogP contribution in [0, 0.1) is 0 Å². The number of alkyl halides is 5. The highest BCUT2D eigenvalue weighted by atomic mass is 35.5. The highest BCUT2D eigenvalue weighted by Gasteiger charge is 2.62. The fraction of sp³-hybridized carbons (Fsp3) is 0.375. The Morgan fingerprint density at radius 3 is 2.06 bits per heavy atom. The van der Waals surface area contributed by atoms with Crippen molar-refractivity contribution in [3.8, 4) is 0 Å². The minimum absolute atomic E-state index is 0. The summed E-state index contributed by atoms with van der Waals surface area (Å²) in [5.74, 6) is -4.98. The lowest BCUT2D eigenvalue weighted by atomic mass is 10.1. The second-order valence-electron chi connectivity index (χ2n) is 2.85. The van der Waals surface area contributed by atoms with Gasteiger partial charge in [-0.05, 0) is 12.1 Å². The van der Waals surface area contributed by atoms with Gasteiger partial charge in [-0.2, -0.15) is 22.0 Å². The van der Waals surface area contributed by atoms with Crippen LogP contribution in [0.2, 0.25) is 0 Å². The molecule has 1 heterocycles. The van der Waals surface area contributed by atoms with E-state index in [4.69, 9.17) is 5.73 Å². The number of hydrogen-bond acceptors (Lipinski definition) is 2. The summed E-state index contributed by atoms with van der Waals surface area (Å²) in [7, 11) is 0. The van der Waals surface area contributed by atoms with Gasteiger partial charge in [0, 0.05) is 6.20 Å². The molecule has 16 heavy (non-hydrogen) atoms. The van der Waals surface area contributed by atoms with Gasteiger partial charge < -0.3 is 5.73 Å². The average molecular weight is 263 g/mol. The molecule has 0 saturated heterocycles. The van der Waals surface area contributed by atoms with Crippen molar-refractivity contribution in [2.45, 2.75) is 18.1 Å². The molecule has 0 bridgehead atoms. The molecule has 92 valence electrons. The third-order valence-electron chi connectivity index (χ3n) is 1.77. The molecule has 0 aliphatic rings. The Morgan fingerprint density at radius 1 is 1.12 bits per heavy atom. The molecule has 8 heteroatoms. The van der Waals surface area contributed by atoms with Gasteiger partial charge in [-0.3, -0.25) is 4.98 Å². The summed E-state index contributed by atoms with van der Waals surface area (Å²) in [6.07, 6.45) is -4.58. The Morgan fingerprint density at radius 2 is 1.69 bits per heavy atom. The molecule has 1 rings (SSSR count). The van der Waals surface area contributed by atoms with E-state index >= 15 is 0 Å².